The molecule has 0 aliphatic heterocycles. The normalized spacial score (nSPS) is 10.7. The van der Waals surface area contributed by atoms with Crippen LogP contribution in [0.2, 0.25) is 0 Å². The first-order chi connectivity index (χ1) is 5.68. The average Bonchev–Trinajstić information content (AvgIpc) is 2.01. The van der Waals surface area contributed by atoms with Gasteiger partial charge >= 0.3 is 0 Å². The van der Waals surface area contributed by atoms with Gasteiger partial charge in [0.1, 0.15) is 0 Å². The molecule has 0 bridgehead atoms. The summed E-state index contributed by atoms with van der Waals surface area (Å²) in [6.07, 6.45) is 0.308. The van der Waals surface area contributed by atoms with Gasteiger partial charge in [-0.05, 0) is 54.1 Å². The van der Waals surface area contributed by atoms with Crippen molar-refractivity contribution in [3.8, 4) is 0 Å². The monoisotopic (exact) mass is 276 g/mol. The van der Waals surface area contributed by atoms with Crippen molar-refractivity contribution in [3.63, 3.8) is 0 Å². The predicted octanol–water partition coefficient (Wildman–Crippen LogP) is 3.22. The fraction of sp³-hybridized carbons (Fsp3) is 0.400. The summed E-state index contributed by atoms with van der Waals surface area (Å²) in [6, 6.07) is 8.37. The van der Waals surface area contributed by atoms with Crippen LogP contribution in [0.15, 0.2) is 24.3 Å². The minimum absolute atomic E-state index is 0.308. The number of hydrogen-bond donors (Lipinski definition) is 0. The van der Waals surface area contributed by atoms with E-state index in [0.29, 0.717) is 12.7 Å². The fourth-order valence-electron chi connectivity index (χ4n) is 0.890. The zero-order valence-electron chi connectivity index (χ0n) is 7.38. The third kappa shape index (κ3) is 3.54. The molecule has 2 heteroatoms. The van der Waals surface area contributed by atoms with Gasteiger partial charge in [0.15, 0.2) is 0 Å². The maximum absolute atomic E-state index is 5.48. The Kier molecular flexibility index (Phi) is 4.01. The molecule has 66 valence electrons. The van der Waals surface area contributed by atoms with Gasteiger partial charge in [-0.25, -0.2) is 0 Å². The van der Waals surface area contributed by atoms with Crippen molar-refractivity contribution in [2.75, 3.05) is 0 Å². The van der Waals surface area contributed by atoms with Gasteiger partial charge in [0.25, 0.3) is 0 Å². The summed E-state index contributed by atoms with van der Waals surface area (Å²) in [5.41, 5.74) is 1.25. The summed E-state index contributed by atoms with van der Waals surface area (Å²) < 4.78 is 6.74. The maximum Gasteiger partial charge on any atom is 0.0720 e. The molecule has 1 rings (SSSR count). The summed E-state index contributed by atoms with van der Waals surface area (Å²) in [6.45, 7) is 4.82. The van der Waals surface area contributed by atoms with Crippen molar-refractivity contribution in [1.82, 2.24) is 0 Å². The van der Waals surface area contributed by atoms with Crippen LogP contribution in [-0.4, -0.2) is 6.10 Å². The third-order valence-corrected chi connectivity index (χ3v) is 2.14. The first-order valence-electron chi connectivity index (χ1n) is 4.04. The number of benzene rings is 1. The molecule has 0 radical (unpaired) electrons. The van der Waals surface area contributed by atoms with Crippen molar-refractivity contribution in [3.05, 3.63) is 33.4 Å². The largest absolute Gasteiger partial charge is 0.374 e. The molecule has 0 atom stereocenters. The van der Waals surface area contributed by atoms with Gasteiger partial charge in [-0.2, -0.15) is 0 Å². The lowest BCUT2D eigenvalue weighted by Gasteiger charge is -2.07. The van der Waals surface area contributed by atoms with Gasteiger partial charge in [0, 0.05) is 3.57 Å². The van der Waals surface area contributed by atoms with Gasteiger partial charge in [0.2, 0.25) is 0 Å². The van der Waals surface area contributed by atoms with E-state index in [1.165, 1.54) is 9.13 Å². The second-order valence-electron chi connectivity index (χ2n) is 2.99. The third-order valence-electron chi connectivity index (χ3n) is 1.47. The molecule has 0 heterocycles. The highest BCUT2D eigenvalue weighted by Crippen LogP contribution is 2.09. The predicted molar refractivity (Wildman–Crippen MR) is 59.1 cm³/mol. The van der Waals surface area contributed by atoms with E-state index in [9.17, 15) is 0 Å². The minimum Gasteiger partial charge on any atom is -0.374 e. The van der Waals surface area contributed by atoms with Gasteiger partial charge in [0.05, 0.1) is 12.7 Å². The molecule has 0 unspecified atom stereocenters. The summed E-state index contributed by atoms with van der Waals surface area (Å²) in [7, 11) is 0. The molecule has 0 N–H and O–H groups in total. The SMILES string of the molecule is CC(C)OCc1cccc(I)c1. The van der Waals surface area contributed by atoms with E-state index in [0.717, 1.165) is 0 Å². The van der Waals surface area contributed by atoms with Gasteiger partial charge < -0.3 is 4.74 Å². The van der Waals surface area contributed by atoms with Crippen LogP contribution in [-0.2, 0) is 11.3 Å². The molecule has 0 fully saturated rings. The van der Waals surface area contributed by atoms with Crippen molar-refractivity contribution in [2.45, 2.75) is 26.6 Å². The summed E-state index contributed by atoms with van der Waals surface area (Å²) in [5, 5.41) is 0. The van der Waals surface area contributed by atoms with E-state index in [-0.39, 0.29) is 0 Å². The van der Waals surface area contributed by atoms with E-state index in [1.54, 1.807) is 0 Å². The van der Waals surface area contributed by atoms with Crippen LogP contribution in [0.25, 0.3) is 0 Å². The van der Waals surface area contributed by atoms with E-state index in [4.69, 9.17) is 4.74 Å². The van der Waals surface area contributed by atoms with E-state index in [1.807, 2.05) is 13.8 Å². The lowest BCUT2D eigenvalue weighted by Crippen LogP contribution is -2.02. The Balaban J connectivity index is 2.52. The molecule has 1 aromatic carbocycles. The molecule has 1 aromatic rings. The highest BCUT2D eigenvalue weighted by molar-refractivity contribution is 14.1. The van der Waals surface area contributed by atoms with Crippen LogP contribution in [0, 0.1) is 3.57 Å². The Morgan fingerprint density at radius 3 is 2.75 bits per heavy atom. The minimum atomic E-state index is 0.308. The molecule has 0 aliphatic rings. The fourth-order valence-corrected chi connectivity index (χ4v) is 1.50. The Morgan fingerprint density at radius 2 is 2.17 bits per heavy atom. The molecule has 0 spiro atoms. The second kappa shape index (κ2) is 4.82. The Bertz CT molecular complexity index is 245. The van der Waals surface area contributed by atoms with Crippen molar-refractivity contribution in [1.29, 1.82) is 0 Å². The number of halogens is 1. The van der Waals surface area contributed by atoms with Crippen LogP contribution in [0.5, 0.6) is 0 Å². The van der Waals surface area contributed by atoms with E-state index < -0.39 is 0 Å². The molecular weight excluding hydrogens is 263 g/mol. The highest BCUT2D eigenvalue weighted by atomic mass is 127. The van der Waals surface area contributed by atoms with Crippen LogP contribution < -0.4 is 0 Å². The number of ether oxygens (including phenoxy) is 1. The summed E-state index contributed by atoms with van der Waals surface area (Å²) >= 11 is 2.31. The van der Waals surface area contributed by atoms with Gasteiger partial charge in [-0.15, -0.1) is 0 Å². The van der Waals surface area contributed by atoms with Gasteiger partial charge in [-0.1, -0.05) is 12.1 Å². The number of rotatable bonds is 3. The first-order valence-corrected chi connectivity index (χ1v) is 5.12. The quantitative estimate of drug-likeness (QED) is 0.770. The highest BCUT2D eigenvalue weighted by Gasteiger charge is 1.95. The summed E-state index contributed by atoms with van der Waals surface area (Å²) in [5.74, 6) is 0. The van der Waals surface area contributed by atoms with Crippen molar-refractivity contribution in [2.24, 2.45) is 0 Å². The Labute approximate surface area is 87.3 Å². The molecule has 12 heavy (non-hydrogen) atoms. The molecule has 0 amide bonds. The van der Waals surface area contributed by atoms with Crippen molar-refractivity contribution < 1.29 is 4.74 Å². The zero-order chi connectivity index (χ0) is 8.97. The zero-order valence-corrected chi connectivity index (χ0v) is 9.54. The van der Waals surface area contributed by atoms with Gasteiger partial charge in [-0.3, -0.25) is 0 Å². The standard InChI is InChI=1S/C10H13IO/c1-8(2)12-7-9-4-3-5-10(11)6-9/h3-6,8H,7H2,1-2H3. The van der Waals surface area contributed by atoms with Crippen LogP contribution >= 0.6 is 22.6 Å². The Hall–Kier alpha value is -0.0900. The van der Waals surface area contributed by atoms with Crippen molar-refractivity contribution >= 4 is 22.6 Å². The molecular formula is C10H13IO. The Morgan fingerprint density at radius 1 is 1.42 bits per heavy atom. The lowest BCUT2D eigenvalue weighted by atomic mass is 10.2. The topological polar surface area (TPSA) is 9.23 Å². The van der Waals surface area contributed by atoms with E-state index >= 15 is 0 Å². The second-order valence-corrected chi connectivity index (χ2v) is 4.24. The smallest absolute Gasteiger partial charge is 0.0720 e. The number of hydrogen-bond acceptors (Lipinski definition) is 1. The average molecular weight is 276 g/mol. The first kappa shape index (κ1) is 9.99. The molecule has 1 nitrogen and oxygen atoms in total. The van der Waals surface area contributed by atoms with Crippen LogP contribution in [0.3, 0.4) is 0 Å². The molecule has 0 saturated carbocycles. The molecule has 0 saturated heterocycles. The van der Waals surface area contributed by atoms with E-state index in [2.05, 4.69) is 46.9 Å². The lowest BCUT2D eigenvalue weighted by molar-refractivity contribution is 0.0657. The van der Waals surface area contributed by atoms with Crippen LogP contribution in [0.1, 0.15) is 19.4 Å². The summed E-state index contributed by atoms with van der Waals surface area (Å²) in [4.78, 5) is 0. The maximum atomic E-state index is 5.48. The molecule has 0 aliphatic carbocycles. The molecule has 0 aromatic heterocycles. The van der Waals surface area contributed by atoms with Crippen LogP contribution in [0.4, 0.5) is 0 Å².